The molecule has 4 rings (SSSR count). The van der Waals surface area contributed by atoms with E-state index in [1.54, 1.807) is 6.07 Å². The van der Waals surface area contributed by atoms with Crippen molar-refractivity contribution in [2.75, 3.05) is 0 Å². The van der Waals surface area contributed by atoms with Gasteiger partial charge in [0.15, 0.2) is 11.9 Å². The van der Waals surface area contributed by atoms with E-state index in [1.165, 1.54) is 0 Å². The number of hydrogen-bond donors (Lipinski definition) is 0. The second-order valence-corrected chi connectivity index (χ2v) is 5.18. The van der Waals surface area contributed by atoms with Crippen molar-refractivity contribution >= 4 is 28.5 Å². The van der Waals surface area contributed by atoms with Crippen LogP contribution in [0, 0.1) is 0 Å². The summed E-state index contributed by atoms with van der Waals surface area (Å²) in [5.74, 6) is 0. The SMILES string of the molecule is O=Cc1cc2nc3ccccc3nc2n1Cc1ccccc1. The van der Waals surface area contributed by atoms with Gasteiger partial charge in [-0.25, -0.2) is 9.97 Å². The molecule has 4 nitrogen and oxygen atoms in total. The van der Waals surface area contributed by atoms with E-state index in [2.05, 4.69) is 9.97 Å². The third-order valence-corrected chi connectivity index (χ3v) is 3.73. The van der Waals surface area contributed by atoms with Gasteiger partial charge in [0.2, 0.25) is 0 Å². The van der Waals surface area contributed by atoms with Gasteiger partial charge in [-0.1, -0.05) is 42.5 Å². The first-order valence-electron chi connectivity index (χ1n) is 7.10. The number of fused-ring (bicyclic) bond motifs is 2. The lowest BCUT2D eigenvalue weighted by Crippen LogP contribution is -2.04. The first-order valence-corrected chi connectivity index (χ1v) is 7.10. The maximum absolute atomic E-state index is 11.4. The zero-order chi connectivity index (χ0) is 14.9. The van der Waals surface area contributed by atoms with Gasteiger partial charge in [-0.3, -0.25) is 4.79 Å². The molecule has 0 saturated carbocycles. The van der Waals surface area contributed by atoms with Crippen molar-refractivity contribution in [2.45, 2.75) is 6.54 Å². The average Bonchev–Trinajstić information content (AvgIpc) is 2.90. The lowest BCUT2D eigenvalue weighted by atomic mass is 10.2. The number of aromatic nitrogens is 3. The van der Waals surface area contributed by atoms with Gasteiger partial charge in [-0.2, -0.15) is 0 Å². The highest BCUT2D eigenvalue weighted by atomic mass is 16.1. The summed E-state index contributed by atoms with van der Waals surface area (Å²) in [6.07, 6.45) is 0.858. The van der Waals surface area contributed by atoms with Crippen molar-refractivity contribution < 1.29 is 4.79 Å². The van der Waals surface area contributed by atoms with Gasteiger partial charge in [-0.05, 0) is 23.8 Å². The molecule has 0 unspecified atom stereocenters. The van der Waals surface area contributed by atoms with Crippen molar-refractivity contribution in [2.24, 2.45) is 0 Å². The Morgan fingerprint density at radius 1 is 0.864 bits per heavy atom. The van der Waals surface area contributed by atoms with Crippen LogP contribution in [0.2, 0.25) is 0 Å². The lowest BCUT2D eigenvalue weighted by molar-refractivity contribution is 0.111. The Hall–Kier alpha value is -3.01. The van der Waals surface area contributed by atoms with Gasteiger partial charge in [0.05, 0.1) is 16.7 Å². The summed E-state index contributed by atoms with van der Waals surface area (Å²) in [6, 6.07) is 19.6. The normalized spacial score (nSPS) is 11.1. The number of carbonyl (C=O) groups excluding carboxylic acids is 1. The maximum Gasteiger partial charge on any atom is 0.166 e. The summed E-state index contributed by atoms with van der Waals surface area (Å²) in [5.41, 5.74) is 4.87. The van der Waals surface area contributed by atoms with Crippen LogP contribution in [0.1, 0.15) is 16.1 Å². The molecule has 22 heavy (non-hydrogen) atoms. The fourth-order valence-corrected chi connectivity index (χ4v) is 2.67. The van der Waals surface area contributed by atoms with Crippen molar-refractivity contribution in [3.05, 3.63) is 71.9 Å². The quantitative estimate of drug-likeness (QED) is 0.542. The molecule has 4 heteroatoms. The molecule has 0 radical (unpaired) electrons. The number of benzene rings is 2. The second kappa shape index (κ2) is 5.07. The van der Waals surface area contributed by atoms with Gasteiger partial charge in [-0.15, -0.1) is 0 Å². The summed E-state index contributed by atoms with van der Waals surface area (Å²) >= 11 is 0. The zero-order valence-corrected chi connectivity index (χ0v) is 11.8. The predicted molar refractivity (Wildman–Crippen MR) is 86.0 cm³/mol. The highest BCUT2D eigenvalue weighted by Gasteiger charge is 2.12. The Labute approximate surface area is 127 Å². The number of aldehydes is 1. The average molecular weight is 287 g/mol. The zero-order valence-electron chi connectivity index (χ0n) is 11.8. The van der Waals surface area contributed by atoms with Crippen LogP contribution in [0.4, 0.5) is 0 Å². The second-order valence-electron chi connectivity index (χ2n) is 5.18. The fraction of sp³-hybridized carbons (Fsp3) is 0.0556. The maximum atomic E-state index is 11.4. The molecule has 106 valence electrons. The molecule has 2 heterocycles. The van der Waals surface area contributed by atoms with E-state index in [0.29, 0.717) is 12.2 Å². The molecule has 0 aliphatic heterocycles. The highest BCUT2D eigenvalue weighted by Crippen LogP contribution is 2.20. The number of carbonyl (C=O) groups is 1. The van der Waals surface area contributed by atoms with Gasteiger partial charge < -0.3 is 4.57 Å². The monoisotopic (exact) mass is 287 g/mol. The molecule has 0 fully saturated rings. The van der Waals surface area contributed by atoms with Crippen molar-refractivity contribution in [3.63, 3.8) is 0 Å². The van der Waals surface area contributed by atoms with Gasteiger partial charge >= 0.3 is 0 Å². The van der Waals surface area contributed by atoms with Crippen LogP contribution < -0.4 is 0 Å². The van der Waals surface area contributed by atoms with E-state index in [4.69, 9.17) is 0 Å². The minimum atomic E-state index is 0.592. The molecular weight excluding hydrogens is 274 g/mol. The molecule has 0 spiro atoms. The Balaban J connectivity index is 1.95. The summed E-state index contributed by atoms with van der Waals surface area (Å²) in [5, 5.41) is 0. The van der Waals surface area contributed by atoms with Crippen LogP contribution in [-0.2, 0) is 6.54 Å². The van der Waals surface area contributed by atoms with Crippen molar-refractivity contribution in [3.8, 4) is 0 Å². The number of hydrogen-bond acceptors (Lipinski definition) is 3. The topological polar surface area (TPSA) is 47.8 Å². The first-order chi connectivity index (χ1) is 10.8. The third kappa shape index (κ3) is 2.05. The summed E-state index contributed by atoms with van der Waals surface area (Å²) in [4.78, 5) is 20.7. The van der Waals surface area contributed by atoms with Gasteiger partial charge in [0.25, 0.3) is 0 Å². The summed E-state index contributed by atoms with van der Waals surface area (Å²) in [6.45, 7) is 0.603. The first kappa shape index (κ1) is 12.7. The fourth-order valence-electron chi connectivity index (χ4n) is 2.67. The number of para-hydroxylation sites is 2. The highest BCUT2D eigenvalue weighted by molar-refractivity contribution is 5.89. The van der Waals surface area contributed by atoms with Crippen molar-refractivity contribution in [1.29, 1.82) is 0 Å². The molecule has 0 saturated heterocycles. The molecule has 2 aromatic heterocycles. The van der Waals surface area contributed by atoms with E-state index in [0.717, 1.165) is 34.0 Å². The smallest absolute Gasteiger partial charge is 0.166 e. The van der Waals surface area contributed by atoms with Crippen LogP contribution in [0.15, 0.2) is 60.7 Å². The van der Waals surface area contributed by atoms with E-state index in [-0.39, 0.29) is 0 Å². The molecule has 4 aromatic rings. The van der Waals surface area contributed by atoms with Crippen LogP contribution in [0.3, 0.4) is 0 Å². The standard InChI is InChI=1S/C18H13N3O/c22-12-14-10-17-18(20-16-9-5-4-8-15(16)19-17)21(14)11-13-6-2-1-3-7-13/h1-10,12H,11H2. The Morgan fingerprint density at radius 2 is 1.55 bits per heavy atom. The molecule has 0 aliphatic rings. The van der Waals surface area contributed by atoms with Crippen LogP contribution in [0.25, 0.3) is 22.2 Å². The number of nitrogens with zero attached hydrogens (tertiary/aromatic N) is 3. The van der Waals surface area contributed by atoms with Gasteiger partial charge in [0, 0.05) is 6.54 Å². The molecule has 0 aliphatic carbocycles. The van der Waals surface area contributed by atoms with Crippen LogP contribution >= 0.6 is 0 Å². The molecule has 0 bridgehead atoms. The molecule has 2 aromatic carbocycles. The Bertz CT molecular complexity index is 974. The summed E-state index contributed by atoms with van der Waals surface area (Å²) in [7, 11) is 0. The van der Waals surface area contributed by atoms with Crippen molar-refractivity contribution in [1.82, 2.24) is 14.5 Å². The third-order valence-electron chi connectivity index (χ3n) is 3.73. The van der Waals surface area contributed by atoms with Crippen LogP contribution in [-0.4, -0.2) is 20.8 Å². The predicted octanol–water partition coefficient (Wildman–Crippen LogP) is 3.45. The van der Waals surface area contributed by atoms with E-state index in [1.807, 2.05) is 59.2 Å². The lowest BCUT2D eigenvalue weighted by Gasteiger charge is -2.07. The minimum Gasteiger partial charge on any atom is -0.317 e. The van der Waals surface area contributed by atoms with E-state index in [9.17, 15) is 4.79 Å². The summed E-state index contributed by atoms with van der Waals surface area (Å²) < 4.78 is 1.91. The van der Waals surface area contributed by atoms with Crippen LogP contribution in [0.5, 0.6) is 0 Å². The molecule has 0 amide bonds. The largest absolute Gasteiger partial charge is 0.317 e. The van der Waals surface area contributed by atoms with E-state index < -0.39 is 0 Å². The van der Waals surface area contributed by atoms with Gasteiger partial charge in [0.1, 0.15) is 5.52 Å². The minimum absolute atomic E-state index is 0.592. The Morgan fingerprint density at radius 3 is 2.27 bits per heavy atom. The number of rotatable bonds is 3. The molecular formula is C18H13N3O. The molecule has 0 N–H and O–H groups in total. The Kier molecular flexibility index (Phi) is 2.93. The molecule has 0 atom stereocenters. The van der Waals surface area contributed by atoms with E-state index >= 15 is 0 Å².